The van der Waals surface area contributed by atoms with Crippen LogP contribution in [0.3, 0.4) is 0 Å². The van der Waals surface area contributed by atoms with E-state index in [1.54, 1.807) is 18.2 Å². The van der Waals surface area contributed by atoms with Gasteiger partial charge in [0.1, 0.15) is 11.3 Å². The Balaban J connectivity index is 2.06. The average Bonchev–Trinajstić information content (AvgIpc) is 3.23. The van der Waals surface area contributed by atoms with Crippen molar-refractivity contribution in [1.82, 2.24) is 9.55 Å². The molecule has 3 aromatic rings. The fourth-order valence-electron chi connectivity index (χ4n) is 2.69. The fraction of sp³-hybridized carbons (Fsp3) is 0.188. The number of phenolic OH excluding ortho intramolecular Hbond substituents is 2. The molecule has 4 rings (SSSR count). The monoisotopic (exact) mass is 284 g/mol. The van der Waals surface area contributed by atoms with Crippen molar-refractivity contribution in [2.24, 2.45) is 0 Å². The van der Waals surface area contributed by atoms with Gasteiger partial charge in [0, 0.05) is 6.04 Å². The molecule has 1 aliphatic carbocycles. The van der Waals surface area contributed by atoms with Crippen LogP contribution in [-0.2, 0) is 0 Å². The largest absolute Gasteiger partial charge is 0.504 e. The van der Waals surface area contributed by atoms with E-state index in [0.717, 1.165) is 18.4 Å². The van der Waals surface area contributed by atoms with Crippen molar-refractivity contribution in [2.75, 3.05) is 0 Å². The molecule has 1 aromatic heterocycles. The second kappa shape index (κ2) is 4.22. The number of hydrogen-bond acceptors (Lipinski definition) is 3. The summed E-state index contributed by atoms with van der Waals surface area (Å²) in [6.45, 7) is 0. The molecule has 1 heterocycles. The van der Waals surface area contributed by atoms with E-state index < -0.39 is 0 Å². The minimum atomic E-state index is -0.382. The molecule has 1 saturated carbocycles. The van der Waals surface area contributed by atoms with Gasteiger partial charge in [-0.25, -0.2) is 9.37 Å². The van der Waals surface area contributed by atoms with Crippen LogP contribution in [0.1, 0.15) is 18.9 Å². The van der Waals surface area contributed by atoms with Crippen LogP contribution in [0.15, 0.2) is 36.4 Å². The number of halogens is 1. The standard InChI is InChI=1S/C16H13FN2O2/c17-11-4-2-5-12-14(11)18-16(19(12)9-7-8-9)10-3-1-6-13(20)15(10)21/h1-6,9,20-21H,7-8H2. The Kier molecular flexibility index (Phi) is 2.45. The number of nitrogens with zero attached hydrogens (tertiary/aromatic N) is 2. The highest BCUT2D eigenvalue weighted by molar-refractivity contribution is 5.83. The van der Waals surface area contributed by atoms with Gasteiger partial charge in [0.05, 0.1) is 11.1 Å². The van der Waals surface area contributed by atoms with Crippen LogP contribution < -0.4 is 0 Å². The van der Waals surface area contributed by atoms with Crippen molar-refractivity contribution < 1.29 is 14.6 Å². The van der Waals surface area contributed by atoms with Crippen molar-refractivity contribution >= 4 is 11.0 Å². The van der Waals surface area contributed by atoms with Crippen LogP contribution in [0.4, 0.5) is 4.39 Å². The smallest absolute Gasteiger partial charge is 0.168 e. The molecule has 2 N–H and O–H groups in total. The van der Waals surface area contributed by atoms with E-state index in [9.17, 15) is 14.6 Å². The number of imidazole rings is 1. The zero-order chi connectivity index (χ0) is 14.6. The van der Waals surface area contributed by atoms with E-state index in [1.807, 2.05) is 10.6 Å². The molecule has 0 bridgehead atoms. The van der Waals surface area contributed by atoms with E-state index >= 15 is 0 Å². The summed E-state index contributed by atoms with van der Waals surface area (Å²) < 4.78 is 15.9. The first-order valence-electron chi connectivity index (χ1n) is 6.84. The van der Waals surface area contributed by atoms with Gasteiger partial charge in [-0.3, -0.25) is 0 Å². The Labute approximate surface area is 120 Å². The van der Waals surface area contributed by atoms with Gasteiger partial charge in [-0.15, -0.1) is 0 Å². The van der Waals surface area contributed by atoms with Gasteiger partial charge in [-0.05, 0) is 37.1 Å². The number of para-hydroxylation sites is 2. The molecule has 1 aliphatic rings. The molecule has 0 amide bonds. The van der Waals surface area contributed by atoms with E-state index in [1.165, 1.54) is 12.1 Å². The second-order valence-electron chi connectivity index (χ2n) is 5.32. The first-order chi connectivity index (χ1) is 10.2. The summed E-state index contributed by atoms with van der Waals surface area (Å²) in [6, 6.07) is 9.85. The third kappa shape index (κ3) is 1.77. The lowest BCUT2D eigenvalue weighted by molar-refractivity contribution is 0.404. The van der Waals surface area contributed by atoms with E-state index in [4.69, 9.17) is 0 Å². The minimum absolute atomic E-state index is 0.206. The lowest BCUT2D eigenvalue weighted by atomic mass is 10.1. The van der Waals surface area contributed by atoms with Gasteiger partial charge in [-0.1, -0.05) is 12.1 Å². The highest BCUT2D eigenvalue weighted by Crippen LogP contribution is 2.44. The van der Waals surface area contributed by atoms with Crippen LogP contribution in [0, 0.1) is 5.82 Å². The third-order valence-electron chi connectivity index (χ3n) is 3.84. The number of aromatic hydroxyl groups is 2. The van der Waals surface area contributed by atoms with Crippen molar-refractivity contribution in [1.29, 1.82) is 0 Å². The summed E-state index contributed by atoms with van der Waals surface area (Å²) in [5, 5.41) is 19.7. The molecule has 0 spiro atoms. The van der Waals surface area contributed by atoms with Crippen molar-refractivity contribution in [3.63, 3.8) is 0 Å². The van der Waals surface area contributed by atoms with Crippen LogP contribution in [0.5, 0.6) is 11.5 Å². The highest BCUT2D eigenvalue weighted by Gasteiger charge is 2.30. The molecule has 5 heteroatoms. The zero-order valence-electron chi connectivity index (χ0n) is 11.1. The van der Waals surface area contributed by atoms with Crippen LogP contribution in [-0.4, -0.2) is 19.8 Å². The zero-order valence-corrected chi connectivity index (χ0v) is 11.1. The molecule has 0 radical (unpaired) electrons. The lowest BCUT2D eigenvalue weighted by Gasteiger charge is -2.09. The van der Waals surface area contributed by atoms with Gasteiger partial charge in [0.25, 0.3) is 0 Å². The predicted octanol–water partition coefficient (Wildman–Crippen LogP) is 3.59. The Morgan fingerprint density at radius 1 is 1.10 bits per heavy atom. The van der Waals surface area contributed by atoms with Crippen molar-refractivity contribution in [2.45, 2.75) is 18.9 Å². The quantitative estimate of drug-likeness (QED) is 0.707. The van der Waals surface area contributed by atoms with Gasteiger partial charge in [0.2, 0.25) is 0 Å². The maximum Gasteiger partial charge on any atom is 0.168 e. The molecule has 0 aliphatic heterocycles. The van der Waals surface area contributed by atoms with Gasteiger partial charge in [0.15, 0.2) is 17.3 Å². The molecule has 0 saturated heterocycles. The lowest BCUT2D eigenvalue weighted by Crippen LogP contribution is -1.97. The molecule has 4 nitrogen and oxygen atoms in total. The van der Waals surface area contributed by atoms with Crippen LogP contribution in [0.25, 0.3) is 22.4 Å². The first-order valence-corrected chi connectivity index (χ1v) is 6.84. The summed E-state index contributed by atoms with van der Waals surface area (Å²) in [6.07, 6.45) is 2.02. The normalized spacial score (nSPS) is 14.7. The average molecular weight is 284 g/mol. The second-order valence-corrected chi connectivity index (χ2v) is 5.32. The first kappa shape index (κ1) is 12.2. The van der Waals surface area contributed by atoms with Crippen LogP contribution >= 0.6 is 0 Å². The number of phenols is 2. The molecular formula is C16H13FN2O2. The van der Waals surface area contributed by atoms with Crippen molar-refractivity contribution in [3.05, 3.63) is 42.2 Å². The Morgan fingerprint density at radius 3 is 2.62 bits per heavy atom. The van der Waals surface area contributed by atoms with E-state index in [0.29, 0.717) is 16.9 Å². The van der Waals surface area contributed by atoms with Gasteiger partial charge >= 0.3 is 0 Å². The molecule has 2 aromatic carbocycles. The van der Waals surface area contributed by atoms with Crippen LogP contribution in [0.2, 0.25) is 0 Å². The Hall–Kier alpha value is -2.56. The summed E-state index contributed by atoms with van der Waals surface area (Å²) >= 11 is 0. The summed E-state index contributed by atoms with van der Waals surface area (Å²) in [4.78, 5) is 4.36. The number of aromatic nitrogens is 2. The number of benzene rings is 2. The summed E-state index contributed by atoms with van der Waals surface area (Å²) in [7, 11) is 0. The number of fused-ring (bicyclic) bond motifs is 1. The SMILES string of the molecule is Oc1cccc(-c2nc3c(F)cccc3n2C2CC2)c1O. The Bertz CT molecular complexity index is 853. The number of hydrogen-bond donors (Lipinski definition) is 2. The highest BCUT2D eigenvalue weighted by atomic mass is 19.1. The summed E-state index contributed by atoms with van der Waals surface area (Å²) in [5.41, 5.74) is 1.43. The predicted molar refractivity (Wildman–Crippen MR) is 76.7 cm³/mol. The Morgan fingerprint density at radius 2 is 1.86 bits per heavy atom. The maximum absolute atomic E-state index is 14.0. The van der Waals surface area contributed by atoms with E-state index in [-0.39, 0.29) is 23.4 Å². The van der Waals surface area contributed by atoms with Gasteiger partial charge in [-0.2, -0.15) is 0 Å². The van der Waals surface area contributed by atoms with Crippen molar-refractivity contribution in [3.8, 4) is 22.9 Å². The fourth-order valence-corrected chi connectivity index (χ4v) is 2.69. The third-order valence-corrected chi connectivity index (χ3v) is 3.84. The topological polar surface area (TPSA) is 58.3 Å². The number of rotatable bonds is 2. The van der Waals surface area contributed by atoms with Gasteiger partial charge < -0.3 is 14.8 Å². The molecule has 0 atom stereocenters. The molecule has 106 valence electrons. The van der Waals surface area contributed by atoms with E-state index in [2.05, 4.69) is 4.98 Å². The molecule has 21 heavy (non-hydrogen) atoms. The molecule has 0 unspecified atom stereocenters. The molecule has 1 fully saturated rings. The summed E-state index contributed by atoms with van der Waals surface area (Å²) in [5.74, 6) is -0.323. The maximum atomic E-state index is 14.0. The molecular weight excluding hydrogens is 271 g/mol. The minimum Gasteiger partial charge on any atom is -0.504 e.